The van der Waals surface area contributed by atoms with Gasteiger partial charge in [-0.25, -0.2) is 4.79 Å². The van der Waals surface area contributed by atoms with Gasteiger partial charge >= 0.3 is 6.03 Å². The van der Waals surface area contributed by atoms with Gasteiger partial charge in [0.2, 0.25) is 0 Å². The molecule has 0 spiro atoms. The van der Waals surface area contributed by atoms with Crippen LogP contribution in [0.25, 0.3) is 0 Å². The highest BCUT2D eigenvalue weighted by Gasteiger charge is 2.01. The lowest BCUT2D eigenvalue weighted by Crippen LogP contribution is -2.45. The predicted octanol–water partition coefficient (Wildman–Crippen LogP) is 2.36. The fourth-order valence-corrected chi connectivity index (χ4v) is 1.31. The van der Waals surface area contributed by atoms with Crippen LogP contribution in [-0.2, 0) is 0 Å². The number of nitrogens with one attached hydrogen (secondary N) is 4. The maximum absolute atomic E-state index is 11.3. The Morgan fingerprint density at radius 1 is 1.17 bits per heavy atom. The summed E-state index contributed by atoms with van der Waals surface area (Å²) in [7, 11) is 0. The first-order valence-corrected chi connectivity index (χ1v) is 6.57. The Morgan fingerprint density at radius 2 is 1.89 bits per heavy atom. The van der Waals surface area contributed by atoms with E-state index in [0.717, 1.165) is 25.0 Å². The van der Waals surface area contributed by atoms with E-state index in [4.69, 9.17) is 5.41 Å². The summed E-state index contributed by atoms with van der Waals surface area (Å²) in [5.41, 5.74) is 1.15. The van der Waals surface area contributed by atoms with Gasteiger partial charge in [0.05, 0.1) is 0 Å². The van der Waals surface area contributed by atoms with Crippen molar-refractivity contribution in [3.8, 4) is 0 Å². The molecule has 0 atom stereocenters. The van der Waals surface area contributed by atoms with Crippen molar-refractivity contribution in [3.05, 3.63) is 11.6 Å². The van der Waals surface area contributed by atoms with Crippen LogP contribution < -0.4 is 16.0 Å². The average Bonchev–Trinajstić information content (AvgIpc) is 2.28. The SMILES string of the molecule is CCCCCCNC(=N)NC(=O)NCC=C(C)C. The van der Waals surface area contributed by atoms with E-state index in [-0.39, 0.29) is 12.0 Å². The van der Waals surface area contributed by atoms with Crippen molar-refractivity contribution in [2.75, 3.05) is 13.1 Å². The number of unbranched alkanes of at least 4 members (excludes halogenated alkanes) is 3. The minimum atomic E-state index is -0.349. The number of amides is 2. The molecule has 4 N–H and O–H groups in total. The largest absolute Gasteiger partial charge is 0.356 e. The van der Waals surface area contributed by atoms with Crippen molar-refractivity contribution in [2.45, 2.75) is 46.5 Å². The van der Waals surface area contributed by atoms with E-state index >= 15 is 0 Å². The van der Waals surface area contributed by atoms with Gasteiger partial charge in [0, 0.05) is 13.1 Å². The highest BCUT2D eigenvalue weighted by Crippen LogP contribution is 1.96. The summed E-state index contributed by atoms with van der Waals surface area (Å²) in [6, 6.07) is -0.349. The first kappa shape index (κ1) is 16.5. The van der Waals surface area contributed by atoms with Crippen molar-refractivity contribution in [3.63, 3.8) is 0 Å². The molecule has 0 heterocycles. The Morgan fingerprint density at radius 3 is 2.50 bits per heavy atom. The first-order valence-electron chi connectivity index (χ1n) is 6.57. The first-order chi connectivity index (χ1) is 8.56. The van der Waals surface area contributed by atoms with Crippen LogP contribution in [0.1, 0.15) is 46.5 Å². The second-order valence-electron chi connectivity index (χ2n) is 4.48. The number of guanidine groups is 1. The highest BCUT2D eigenvalue weighted by atomic mass is 16.2. The van der Waals surface area contributed by atoms with Crippen LogP contribution in [0.5, 0.6) is 0 Å². The highest BCUT2D eigenvalue weighted by molar-refractivity contribution is 5.94. The van der Waals surface area contributed by atoms with E-state index in [2.05, 4.69) is 22.9 Å². The number of hydrogen-bond donors (Lipinski definition) is 4. The minimum Gasteiger partial charge on any atom is -0.356 e. The number of hydrogen-bond acceptors (Lipinski definition) is 2. The summed E-state index contributed by atoms with van der Waals surface area (Å²) in [5, 5.41) is 15.5. The maximum atomic E-state index is 11.3. The maximum Gasteiger partial charge on any atom is 0.321 e. The molecule has 5 nitrogen and oxygen atoms in total. The molecular weight excluding hydrogens is 228 g/mol. The molecule has 0 aliphatic carbocycles. The van der Waals surface area contributed by atoms with Crippen molar-refractivity contribution in [2.24, 2.45) is 0 Å². The van der Waals surface area contributed by atoms with Gasteiger partial charge in [-0.1, -0.05) is 37.8 Å². The summed E-state index contributed by atoms with van der Waals surface area (Å²) in [6.45, 7) is 7.32. The minimum absolute atomic E-state index is 0.0567. The molecule has 2 amide bonds. The molecule has 0 radical (unpaired) electrons. The number of carbonyl (C=O) groups is 1. The van der Waals surface area contributed by atoms with Crippen LogP contribution in [-0.4, -0.2) is 25.1 Å². The van der Waals surface area contributed by atoms with Gasteiger partial charge in [0.15, 0.2) is 5.96 Å². The smallest absolute Gasteiger partial charge is 0.321 e. The zero-order valence-electron chi connectivity index (χ0n) is 11.7. The molecule has 0 fully saturated rings. The lowest BCUT2D eigenvalue weighted by molar-refractivity contribution is 0.246. The Balaban J connectivity index is 3.55. The van der Waals surface area contributed by atoms with Crippen LogP contribution >= 0.6 is 0 Å². The molecule has 0 rings (SSSR count). The Kier molecular flexibility index (Phi) is 9.73. The second-order valence-corrected chi connectivity index (χ2v) is 4.48. The molecule has 0 aromatic rings. The third-order valence-corrected chi connectivity index (χ3v) is 2.34. The van der Waals surface area contributed by atoms with E-state index in [1.807, 2.05) is 19.9 Å². The van der Waals surface area contributed by atoms with E-state index in [9.17, 15) is 4.79 Å². The summed E-state index contributed by atoms with van der Waals surface area (Å²) in [4.78, 5) is 11.3. The van der Waals surface area contributed by atoms with Crippen LogP contribution in [0.3, 0.4) is 0 Å². The Labute approximate surface area is 110 Å². The van der Waals surface area contributed by atoms with Gasteiger partial charge in [-0.2, -0.15) is 0 Å². The zero-order valence-corrected chi connectivity index (χ0v) is 11.7. The van der Waals surface area contributed by atoms with E-state index < -0.39 is 0 Å². The van der Waals surface area contributed by atoms with E-state index in [1.165, 1.54) is 12.8 Å². The van der Waals surface area contributed by atoms with Crippen LogP contribution in [0.15, 0.2) is 11.6 Å². The van der Waals surface area contributed by atoms with Gasteiger partial charge in [-0.3, -0.25) is 10.7 Å². The second kappa shape index (κ2) is 10.6. The molecule has 0 aliphatic heterocycles. The Bertz CT molecular complexity index is 283. The molecule has 5 heteroatoms. The van der Waals surface area contributed by atoms with Gasteiger partial charge < -0.3 is 10.6 Å². The van der Waals surface area contributed by atoms with Crippen molar-refractivity contribution >= 4 is 12.0 Å². The molecule has 0 saturated heterocycles. The van der Waals surface area contributed by atoms with Crippen molar-refractivity contribution < 1.29 is 4.79 Å². The molecule has 104 valence electrons. The molecule has 0 aromatic heterocycles. The molecule has 0 aromatic carbocycles. The van der Waals surface area contributed by atoms with Crippen LogP contribution in [0, 0.1) is 5.41 Å². The standard InChI is InChI=1S/C13H26N4O/c1-4-5-6-7-9-15-12(14)17-13(18)16-10-8-11(2)3/h8H,4-7,9-10H2,1-3H3,(H4,14,15,16,17,18). The van der Waals surface area contributed by atoms with Crippen molar-refractivity contribution in [1.29, 1.82) is 5.41 Å². The summed E-state index contributed by atoms with van der Waals surface area (Å²) in [5.74, 6) is 0.0567. The fraction of sp³-hybridized carbons (Fsp3) is 0.692. The lowest BCUT2D eigenvalue weighted by atomic mass is 10.2. The molecule has 0 unspecified atom stereocenters. The summed E-state index contributed by atoms with van der Waals surface area (Å²) < 4.78 is 0. The number of allylic oxidation sites excluding steroid dienone is 1. The van der Waals surface area contributed by atoms with Gasteiger partial charge in [0.25, 0.3) is 0 Å². The third-order valence-electron chi connectivity index (χ3n) is 2.34. The monoisotopic (exact) mass is 254 g/mol. The predicted molar refractivity (Wildman–Crippen MR) is 75.8 cm³/mol. The quantitative estimate of drug-likeness (QED) is 0.244. The molecular formula is C13H26N4O. The van der Waals surface area contributed by atoms with Gasteiger partial charge in [-0.05, 0) is 20.3 Å². The van der Waals surface area contributed by atoms with Crippen LogP contribution in [0.2, 0.25) is 0 Å². The topological polar surface area (TPSA) is 77.0 Å². The fourth-order valence-electron chi connectivity index (χ4n) is 1.31. The molecule has 0 aliphatic rings. The Hall–Kier alpha value is -1.52. The number of rotatable bonds is 7. The lowest BCUT2D eigenvalue weighted by Gasteiger charge is -2.09. The van der Waals surface area contributed by atoms with E-state index in [1.54, 1.807) is 0 Å². The van der Waals surface area contributed by atoms with E-state index in [0.29, 0.717) is 6.54 Å². The van der Waals surface area contributed by atoms with Crippen LogP contribution in [0.4, 0.5) is 4.79 Å². The molecule has 0 saturated carbocycles. The molecule has 18 heavy (non-hydrogen) atoms. The van der Waals surface area contributed by atoms with Gasteiger partial charge in [0.1, 0.15) is 0 Å². The van der Waals surface area contributed by atoms with Crippen molar-refractivity contribution in [1.82, 2.24) is 16.0 Å². The summed E-state index contributed by atoms with van der Waals surface area (Å²) in [6.07, 6.45) is 6.51. The third kappa shape index (κ3) is 11.0. The average molecular weight is 254 g/mol. The summed E-state index contributed by atoms with van der Waals surface area (Å²) >= 11 is 0. The van der Waals surface area contributed by atoms with Gasteiger partial charge in [-0.15, -0.1) is 0 Å². The zero-order chi connectivity index (χ0) is 13.8. The molecule has 0 bridgehead atoms. The number of carbonyl (C=O) groups excluding carboxylic acids is 1. The number of urea groups is 1. The normalized spacial score (nSPS) is 9.50.